The Kier molecular flexibility index (Phi) is 2.71. The minimum atomic E-state index is -0.862. The predicted octanol–water partition coefficient (Wildman–Crippen LogP) is 3.94. The van der Waals surface area contributed by atoms with E-state index in [1.54, 1.807) is 12.1 Å². The topological polar surface area (TPSA) is 63.6 Å². The van der Waals surface area contributed by atoms with Crippen LogP contribution in [-0.2, 0) is 10.3 Å². The molecule has 2 aromatic carbocycles. The fourth-order valence-corrected chi connectivity index (χ4v) is 3.86. The van der Waals surface area contributed by atoms with Crippen LogP contribution < -0.4 is 0 Å². The van der Waals surface area contributed by atoms with Crippen molar-refractivity contribution in [3.8, 4) is 5.75 Å². The molecule has 0 saturated heterocycles. The van der Waals surface area contributed by atoms with Crippen LogP contribution in [0.15, 0.2) is 24.3 Å². The molecule has 0 fully saturated rings. The second-order valence-electron chi connectivity index (χ2n) is 6.03. The van der Waals surface area contributed by atoms with E-state index in [1.807, 2.05) is 26.0 Å². The number of hydrogen-bond acceptors (Lipinski definition) is 4. The lowest BCUT2D eigenvalue weighted by Gasteiger charge is -2.27. The number of benzene rings is 2. The number of phenolic OH excluding ortho intramolecular Hbond substituents is 1. The second-order valence-corrected chi connectivity index (χ2v) is 6.03. The molecule has 116 valence electrons. The number of cyclic esters (lactones) is 1. The standard InChI is InChI=1S/C19H16O4/c1-3-19(4-2)16-15(18(22)23-19)14-12(20)9-8-10-6-5-7-11(13(10)14)17(16)21/h5-9,21H,3-4H2,1-2H3. The summed E-state index contributed by atoms with van der Waals surface area (Å²) in [5.74, 6) is -0.683. The van der Waals surface area contributed by atoms with Gasteiger partial charge in [-0.3, -0.25) is 4.79 Å². The Labute approximate surface area is 133 Å². The molecule has 0 aromatic heterocycles. The fraction of sp³-hybridized carbons (Fsp3) is 0.263. The molecule has 4 nitrogen and oxygen atoms in total. The normalized spacial score (nSPS) is 17.5. The van der Waals surface area contributed by atoms with E-state index < -0.39 is 11.6 Å². The number of aromatic hydroxyl groups is 1. The third-order valence-corrected chi connectivity index (χ3v) is 5.09. The number of hydrogen-bond donors (Lipinski definition) is 1. The van der Waals surface area contributed by atoms with Crippen molar-refractivity contribution in [1.29, 1.82) is 0 Å². The second kappa shape index (κ2) is 4.44. The molecule has 1 aliphatic heterocycles. The van der Waals surface area contributed by atoms with E-state index in [-0.39, 0.29) is 17.1 Å². The molecule has 0 atom stereocenters. The zero-order valence-corrected chi connectivity index (χ0v) is 13.0. The van der Waals surface area contributed by atoms with Crippen LogP contribution in [0.2, 0.25) is 0 Å². The van der Waals surface area contributed by atoms with Crippen molar-refractivity contribution >= 4 is 28.6 Å². The Balaban J connectivity index is 2.26. The summed E-state index contributed by atoms with van der Waals surface area (Å²) in [4.78, 5) is 25.0. The first-order valence-corrected chi connectivity index (χ1v) is 7.82. The highest BCUT2D eigenvalue weighted by Gasteiger charge is 2.48. The molecule has 1 N–H and O–H groups in total. The van der Waals surface area contributed by atoms with Gasteiger partial charge in [0.1, 0.15) is 11.4 Å². The Bertz CT molecular complexity index is 917. The summed E-state index contributed by atoms with van der Waals surface area (Å²) in [7, 11) is 0. The third-order valence-electron chi connectivity index (χ3n) is 5.09. The lowest BCUT2D eigenvalue weighted by Crippen LogP contribution is -2.24. The van der Waals surface area contributed by atoms with E-state index in [0.29, 0.717) is 34.7 Å². The number of rotatable bonds is 2. The quantitative estimate of drug-likeness (QED) is 0.853. The molecule has 0 saturated carbocycles. The van der Waals surface area contributed by atoms with Crippen molar-refractivity contribution in [1.82, 2.24) is 0 Å². The molecule has 23 heavy (non-hydrogen) atoms. The van der Waals surface area contributed by atoms with E-state index in [2.05, 4.69) is 0 Å². The Morgan fingerprint density at radius 1 is 1.09 bits per heavy atom. The fourth-order valence-electron chi connectivity index (χ4n) is 3.86. The largest absolute Gasteiger partial charge is 0.507 e. The van der Waals surface area contributed by atoms with Crippen molar-refractivity contribution in [2.24, 2.45) is 0 Å². The molecule has 2 aromatic rings. The minimum Gasteiger partial charge on any atom is -0.507 e. The first-order chi connectivity index (χ1) is 11.0. The third kappa shape index (κ3) is 1.55. The van der Waals surface area contributed by atoms with Crippen LogP contribution in [0.4, 0.5) is 0 Å². The zero-order chi connectivity index (χ0) is 16.4. The maximum Gasteiger partial charge on any atom is 0.340 e. The summed E-state index contributed by atoms with van der Waals surface area (Å²) in [5.41, 5.74) is 1.03. The van der Waals surface area contributed by atoms with Crippen LogP contribution in [0.5, 0.6) is 5.75 Å². The Morgan fingerprint density at radius 3 is 2.52 bits per heavy atom. The highest BCUT2D eigenvalue weighted by Crippen LogP contribution is 2.51. The molecule has 1 aliphatic carbocycles. The van der Waals surface area contributed by atoms with Crippen molar-refractivity contribution in [2.75, 3.05) is 0 Å². The van der Waals surface area contributed by atoms with Gasteiger partial charge in [-0.1, -0.05) is 38.1 Å². The molecule has 0 radical (unpaired) electrons. The van der Waals surface area contributed by atoms with Crippen LogP contribution in [0.1, 0.15) is 58.5 Å². The SMILES string of the molecule is CCC1(CC)OC(=O)c2c1c(O)c1cccc3c1c2C(=O)C=C3. The molecule has 0 bridgehead atoms. The molecule has 0 spiro atoms. The maximum atomic E-state index is 12.5. The summed E-state index contributed by atoms with van der Waals surface area (Å²) in [6.45, 7) is 3.83. The average Bonchev–Trinajstić information content (AvgIpc) is 2.87. The van der Waals surface area contributed by atoms with Crippen LogP contribution in [0, 0.1) is 0 Å². The number of fused-ring (bicyclic) bond motifs is 2. The lowest BCUT2D eigenvalue weighted by atomic mass is 9.80. The summed E-state index contributed by atoms with van der Waals surface area (Å²) < 4.78 is 5.65. The van der Waals surface area contributed by atoms with Gasteiger partial charge in [0, 0.05) is 16.3 Å². The summed E-state index contributed by atoms with van der Waals surface area (Å²) in [5, 5.41) is 12.1. The number of phenols is 1. The van der Waals surface area contributed by atoms with Gasteiger partial charge in [0.05, 0.1) is 11.1 Å². The van der Waals surface area contributed by atoms with Crippen LogP contribution >= 0.6 is 0 Å². The van der Waals surface area contributed by atoms with Crippen molar-refractivity contribution in [2.45, 2.75) is 32.3 Å². The van der Waals surface area contributed by atoms with Gasteiger partial charge < -0.3 is 9.84 Å². The van der Waals surface area contributed by atoms with Gasteiger partial charge in [-0.25, -0.2) is 4.79 Å². The molecule has 2 aliphatic rings. The Morgan fingerprint density at radius 2 is 1.83 bits per heavy atom. The number of ketones is 1. The van der Waals surface area contributed by atoms with Crippen LogP contribution in [-0.4, -0.2) is 16.9 Å². The van der Waals surface area contributed by atoms with Gasteiger partial charge in [-0.15, -0.1) is 0 Å². The van der Waals surface area contributed by atoms with E-state index in [1.165, 1.54) is 6.08 Å². The number of esters is 1. The summed E-state index contributed by atoms with van der Waals surface area (Å²) >= 11 is 0. The minimum absolute atomic E-state index is 0.0539. The monoisotopic (exact) mass is 308 g/mol. The molecular weight excluding hydrogens is 292 g/mol. The van der Waals surface area contributed by atoms with Gasteiger partial charge in [-0.05, 0) is 24.5 Å². The summed E-state index contributed by atoms with van der Waals surface area (Å²) in [6, 6.07) is 5.49. The number of ether oxygens (including phenoxy) is 1. The lowest BCUT2D eigenvalue weighted by molar-refractivity contribution is -0.0133. The average molecular weight is 308 g/mol. The zero-order valence-electron chi connectivity index (χ0n) is 13.0. The highest BCUT2D eigenvalue weighted by molar-refractivity contribution is 6.26. The van der Waals surface area contributed by atoms with Gasteiger partial charge in [0.15, 0.2) is 5.78 Å². The molecular formula is C19H16O4. The maximum absolute atomic E-state index is 12.5. The van der Waals surface area contributed by atoms with E-state index in [4.69, 9.17) is 4.74 Å². The molecule has 1 heterocycles. The molecule has 0 amide bonds. The van der Waals surface area contributed by atoms with Gasteiger partial charge in [0.2, 0.25) is 0 Å². The smallest absolute Gasteiger partial charge is 0.340 e. The van der Waals surface area contributed by atoms with E-state index >= 15 is 0 Å². The van der Waals surface area contributed by atoms with Crippen molar-refractivity contribution < 1.29 is 19.4 Å². The van der Waals surface area contributed by atoms with Crippen molar-refractivity contribution in [3.63, 3.8) is 0 Å². The number of allylic oxidation sites excluding steroid dienone is 1. The number of carbonyl (C=O) groups is 2. The first-order valence-electron chi connectivity index (χ1n) is 7.82. The molecule has 4 rings (SSSR count). The summed E-state index contributed by atoms with van der Waals surface area (Å²) in [6.07, 6.45) is 4.28. The predicted molar refractivity (Wildman–Crippen MR) is 86.7 cm³/mol. The molecule has 0 unspecified atom stereocenters. The van der Waals surface area contributed by atoms with E-state index in [9.17, 15) is 14.7 Å². The first kappa shape index (κ1) is 14.0. The number of carbonyl (C=O) groups excluding carboxylic acids is 2. The van der Waals surface area contributed by atoms with Gasteiger partial charge >= 0.3 is 5.97 Å². The van der Waals surface area contributed by atoms with Gasteiger partial charge in [-0.2, -0.15) is 0 Å². The van der Waals surface area contributed by atoms with Crippen LogP contribution in [0.3, 0.4) is 0 Å². The highest BCUT2D eigenvalue weighted by atomic mass is 16.6. The van der Waals surface area contributed by atoms with Crippen LogP contribution in [0.25, 0.3) is 16.8 Å². The van der Waals surface area contributed by atoms with Crippen molar-refractivity contribution in [3.05, 3.63) is 46.5 Å². The van der Waals surface area contributed by atoms with E-state index in [0.717, 1.165) is 5.56 Å². The Hall–Kier alpha value is -2.62. The molecule has 4 heteroatoms. The van der Waals surface area contributed by atoms with Gasteiger partial charge in [0.25, 0.3) is 0 Å².